The molecule has 0 saturated carbocycles. The van der Waals surface area contributed by atoms with Crippen LogP contribution in [0.5, 0.6) is 0 Å². The van der Waals surface area contributed by atoms with Gasteiger partial charge in [0.25, 0.3) is 5.56 Å². The molecule has 2 heterocycles. The summed E-state index contributed by atoms with van der Waals surface area (Å²) in [6, 6.07) is 0. The van der Waals surface area contributed by atoms with Crippen LogP contribution >= 0.6 is 11.6 Å². The van der Waals surface area contributed by atoms with Gasteiger partial charge in [-0.25, -0.2) is 9.78 Å². The minimum absolute atomic E-state index is 0.206. The molecule has 2 rings (SSSR count). The number of nitrogens with zero attached hydrogens (tertiary/aromatic N) is 3. The lowest BCUT2D eigenvalue weighted by Crippen LogP contribution is -2.32. The van der Waals surface area contributed by atoms with Crippen LogP contribution in [0.15, 0.2) is 9.59 Å². The van der Waals surface area contributed by atoms with Crippen LogP contribution in [0, 0.1) is 5.92 Å². The van der Waals surface area contributed by atoms with E-state index in [1.807, 2.05) is 20.8 Å². The van der Waals surface area contributed by atoms with Gasteiger partial charge in [0.05, 0.1) is 5.88 Å². The summed E-state index contributed by atoms with van der Waals surface area (Å²) >= 11 is 5.85. The predicted molar refractivity (Wildman–Crippen MR) is 74.7 cm³/mol. The molecule has 2 aromatic heterocycles. The highest BCUT2D eigenvalue weighted by atomic mass is 35.5. The summed E-state index contributed by atoms with van der Waals surface area (Å²) in [6.45, 7) is 7.01. The maximum atomic E-state index is 12.0. The highest BCUT2D eigenvalue weighted by Crippen LogP contribution is 2.13. The van der Waals surface area contributed by atoms with E-state index in [0.29, 0.717) is 30.1 Å². The summed E-state index contributed by atoms with van der Waals surface area (Å²) in [4.78, 5) is 30.6. The summed E-state index contributed by atoms with van der Waals surface area (Å²) in [5.74, 6) is 1.09. The maximum Gasteiger partial charge on any atom is 0.330 e. The lowest BCUT2D eigenvalue weighted by atomic mass is 10.2. The summed E-state index contributed by atoms with van der Waals surface area (Å²) < 4.78 is 3.25. The summed E-state index contributed by atoms with van der Waals surface area (Å²) in [6.07, 6.45) is 0. The zero-order chi connectivity index (χ0) is 14.2. The van der Waals surface area contributed by atoms with Crippen LogP contribution in [0.2, 0.25) is 0 Å². The molecule has 0 atom stereocenters. The molecule has 0 unspecified atom stereocenters. The Bertz CT molecular complexity index is 711. The predicted octanol–water partition coefficient (Wildman–Crippen LogP) is 1.30. The smallest absolute Gasteiger partial charge is 0.321 e. The Hall–Kier alpha value is -1.56. The maximum absolute atomic E-state index is 12.0. The third-order valence-corrected chi connectivity index (χ3v) is 3.19. The lowest BCUT2D eigenvalue weighted by molar-refractivity contribution is 0.513. The van der Waals surface area contributed by atoms with Crippen molar-refractivity contribution in [3.05, 3.63) is 26.7 Å². The van der Waals surface area contributed by atoms with Crippen LogP contribution in [-0.4, -0.2) is 19.1 Å². The molecule has 0 spiro atoms. The molecule has 0 aliphatic rings. The molecule has 0 fully saturated rings. The van der Waals surface area contributed by atoms with Crippen molar-refractivity contribution in [3.63, 3.8) is 0 Å². The molecule has 0 bridgehead atoms. The molecule has 104 valence electrons. The van der Waals surface area contributed by atoms with Gasteiger partial charge in [0.15, 0.2) is 11.2 Å². The Labute approximate surface area is 115 Å². The number of hydrogen-bond donors (Lipinski definition) is 1. The van der Waals surface area contributed by atoms with E-state index >= 15 is 0 Å². The molecule has 0 aromatic carbocycles. The third-order valence-electron chi connectivity index (χ3n) is 2.95. The second kappa shape index (κ2) is 5.21. The third kappa shape index (κ3) is 2.32. The fourth-order valence-corrected chi connectivity index (χ4v) is 2.40. The Balaban J connectivity index is 2.87. The number of fused-ring (bicyclic) bond motifs is 1. The van der Waals surface area contributed by atoms with E-state index in [9.17, 15) is 9.59 Å². The number of alkyl halides is 1. The number of imidazole rings is 1. The van der Waals surface area contributed by atoms with Gasteiger partial charge >= 0.3 is 5.69 Å². The number of aromatic nitrogens is 4. The average molecular weight is 285 g/mol. The van der Waals surface area contributed by atoms with Crippen LogP contribution < -0.4 is 11.2 Å². The molecule has 7 heteroatoms. The van der Waals surface area contributed by atoms with Crippen molar-refractivity contribution >= 4 is 22.8 Å². The Kier molecular flexibility index (Phi) is 3.80. The van der Waals surface area contributed by atoms with Crippen LogP contribution in [-0.2, 0) is 19.0 Å². The van der Waals surface area contributed by atoms with Crippen molar-refractivity contribution < 1.29 is 0 Å². The zero-order valence-electron chi connectivity index (χ0n) is 11.2. The number of rotatable bonds is 4. The highest BCUT2D eigenvalue weighted by molar-refractivity contribution is 6.16. The number of hydrogen-bond acceptors (Lipinski definition) is 3. The Morgan fingerprint density at radius 1 is 1.32 bits per heavy atom. The quantitative estimate of drug-likeness (QED) is 0.860. The number of H-pyrrole nitrogens is 1. The van der Waals surface area contributed by atoms with Gasteiger partial charge in [0.1, 0.15) is 5.82 Å². The summed E-state index contributed by atoms with van der Waals surface area (Å²) in [5, 5.41) is 0. The van der Waals surface area contributed by atoms with Crippen molar-refractivity contribution in [2.75, 3.05) is 0 Å². The Morgan fingerprint density at radius 2 is 2.00 bits per heavy atom. The first-order valence-electron chi connectivity index (χ1n) is 6.27. The molecule has 0 saturated heterocycles. The number of aromatic amines is 1. The van der Waals surface area contributed by atoms with E-state index in [-0.39, 0.29) is 11.8 Å². The SMILES string of the molecule is CCn1c(CCl)nc2c1c(=O)[nH]c(=O)n2CC(C)C. The zero-order valence-corrected chi connectivity index (χ0v) is 12.0. The normalized spacial score (nSPS) is 11.6. The van der Waals surface area contributed by atoms with Gasteiger partial charge in [-0.3, -0.25) is 14.3 Å². The monoisotopic (exact) mass is 284 g/mol. The first-order chi connectivity index (χ1) is 8.99. The molecular weight excluding hydrogens is 268 g/mol. The molecule has 6 nitrogen and oxygen atoms in total. The van der Waals surface area contributed by atoms with Gasteiger partial charge in [-0.15, -0.1) is 11.6 Å². The molecule has 0 amide bonds. The van der Waals surface area contributed by atoms with Gasteiger partial charge in [0.2, 0.25) is 0 Å². The second-order valence-electron chi connectivity index (χ2n) is 4.84. The topological polar surface area (TPSA) is 72.7 Å². The minimum Gasteiger partial charge on any atom is -0.321 e. The number of halogens is 1. The van der Waals surface area contributed by atoms with E-state index in [2.05, 4.69) is 9.97 Å². The number of nitrogens with one attached hydrogen (secondary N) is 1. The van der Waals surface area contributed by atoms with E-state index in [1.165, 1.54) is 4.57 Å². The van der Waals surface area contributed by atoms with Gasteiger partial charge < -0.3 is 4.57 Å². The highest BCUT2D eigenvalue weighted by Gasteiger charge is 2.17. The number of aryl methyl sites for hydroxylation is 1. The molecule has 0 aliphatic carbocycles. The Morgan fingerprint density at radius 3 is 2.53 bits per heavy atom. The lowest BCUT2D eigenvalue weighted by Gasteiger charge is -2.08. The molecule has 1 N–H and O–H groups in total. The standard InChI is InChI=1S/C12H17ClN4O2/c1-4-16-8(5-13)14-10-9(16)11(18)15-12(19)17(10)6-7(2)3/h7H,4-6H2,1-3H3,(H,15,18,19). The van der Waals surface area contributed by atoms with E-state index in [4.69, 9.17) is 11.6 Å². The van der Waals surface area contributed by atoms with Crippen molar-refractivity contribution in [2.45, 2.75) is 39.7 Å². The van der Waals surface area contributed by atoms with Crippen molar-refractivity contribution in [3.8, 4) is 0 Å². The molecule has 0 aliphatic heterocycles. The molecule has 0 radical (unpaired) electrons. The van der Waals surface area contributed by atoms with Gasteiger partial charge in [-0.2, -0.15) is 0 Å². The van der Waals surface area contributed by atoms with Gasteiger partial charge in [0, 0.05) is 13.1 Å². The minimum atomic E-state index is -0.423. The first kappa shape index (κ1) is 13.9. The van der Waals surface area contributed by atoms with Gasteiger partial charge in [-0.1, -0.05) is 13.8 Å². The molecular formula is C12H17ClN4O2. The summed E-state index contributed by atoms with van der Waals surface area (Å²) in [7, 11) is 0. The van der Waals surface area contributed by atoms with E-state index in [1.54, 1.807) is 4.57 Å². The van der Waals surface area contributed by atoms with Crippen molar-refractivity contribution in [1.29, 1.82) is 0 Å². The van der Waals surface area contributed by atoms with E-state index in [0.717, 1.165) is 0 Å². The van der Waals surface area contributed by atoms with Gasteiger partial charge in [-0.05, 0) is 12.8 Å². The summed E-state index contributed by atoms with van der Waals surface area (Å²) in [5.41, 5.74) is -0.00264. The fourth-order valence-electron chi connectivity index (χ4n) is 2.19. The fraction of sp³-hybridized carbons (Fsp3) is 0.583. The van der Waals surface area contributed by atoms with Crippen molar-refractivity contribution in [1.82, 2.24) is 19.1 Å². The van der Waals surface area contributed by atoms with Crippen LogP contribution in [0.25, 0.3) is 11.2 Å². The second-order valence-corrected chi connectivity index (χ2v) is 5.11. The molecule has 2 aromatic rings. The molecule has 19 heavy (non-hydrogen) atoms. The largest absolute Gasteiger partial charge is 0.330 e. The van der Waals surface area contributed by atoms with Crippen LogP contribution in [0.3, 0.4) is 0 Å². The van der Waals surface area contributed by atoms with E-state index < -0.39 is 11.2 Å². The van der Waals surface area contributed by atoms with Crippen molar-refractivity contribution in [2.24, 2.45) is 5.92 Å². The van der Waals surface area contributed by atoms with Crippen LogP contribution in [0.1, 0.15) is 26.6 Å². The van der Waals surface area contributed by atoms with Crippen LogP contribution in [0.4, 0.5) is 0 Å². The first-order valence-corrected chi connectivity index (χ1v) is 6.81. The average Bonchev–Trinajstić information content (AvgIpc) is 2.72.